The van der Waals surface area contributed by atoms with Crippen LogP contribution in [0.4, 0.5) is 0 Å². The van der Waals surface area contributed by atoms with Gasteiger partial charge in [0.2, 0.25) is 0 Å². The van der Waals surface area contributed by atoms with Crippen molar-refractivity contribution >= 4 is 20.0 Å². The van der Waals surface area contributed by atoms with E-state index in [0.717, 1.165) is 0 Å². The molecule has 0 amide bonds. The Kier molecular flexibility index (Phi) is 5.06. The van der Waals surface area contributed by atoms with E-state index in [2.05, 4.69) is 26.8 Å². The van der Waals surface area contributed by atoms with E-state index in [0.29, 0.717) is 0 Å². The van der Waals surface area contributed by atoms with Crippen molar-refractivity contribution in [2.45, 2.75) is 23.7 Å². The third-order valence-corrected chi connectivity index (χ3v) is 6.81. The van der Waals surface area contributed by atoms with Crippen molar-refractivity contribution in [3.05, 3.63) is 0 Å². The van der Waals surface area contributed by atoms with Crippen molar-refractivity contribution in [3.8, 4) is 0 Å². The zero-order valence-electron chi connectivity index (χ0n) is 6.36. The Labute approximate surface area is 60.2 Å². The van der Waals surface area contributed by atoms with Crippen LogP contribution in [0.1, 0.15) is 13.8 Å². The summed E-state index contributed by atoms with van der Waals surface area (Å²) in [6.07, 6.45) is 0. The van der Waals surface area contributed by atoms with Crippen molar-refractivity contribution in [1.82, 2.24) is 3.12 Å². The van der Waals surface area contributed by atoms with Gasteiger partial charge in [0.25, 0.3) is 0 Å². The molecule has 0 saturated heterocycles. The maximum absolute atomic E-state index is 2.61. The standard InChI is InChI=1S/C4H10N.2CH3.Sn/c1-3-5-4-2;;;/h3-4H2,1-2H3;2*1H3;/q-1;;;+2. The van der Waals surface area contributed by atoms with Gasteiger partial charge in [-0.05, 0) is 0 Å². The molecule has 0 fully saturated rings. The van der Waals surface area contributed by atoms with Crippen molar-refractivity contribution in [3.63, 3.8) is 0 Å². The Morgan fingerprint density at radius 1 is 1.12 bits per heavy atom. The molecule has 8 heavy (non-hydrogen) atoms. The van der Waals surface area contributed by atoms with Gasteiger partial charge in [0.05, 0.1) is 0 Å². The van der Waals surface area contributed by atoms with Crippen LogP contribution in [-0.2, 0) is 0 Å². The molecule has 0 unspecified atom stereocenters. The predicted octanol–water partition coefficient (Wildman–Crippen LogP) is 1.58. The Morgan fingerprint density at radius 3 is 1.50 bits per heavy atom. The Morgan fingerprint density at radius 2 is 1.50 bits per heavy atom. The summed E-state index contributed by atoms with van der Waals surface area (Å²) >= 11 is -0.937. The van der Waals surface area contributed by atoms with E-state index in [4.69, 9.17) is 0 Å². The first-order valence-corrected chi connectivity index (χ1v) is 10.3. The molecule has 0 aromatic rings. The Balaban J connectivity index is 3.35. The molecular weight excluding hydrogens is 205 g/mol. The van der Waals surface area contributed by atoms with Crippen LogP contribution in [-0.4, -0.2) is 36.2 Å². The van der Waals surface area contributed by atoms with E-state index in [9.17, 15) is 0 Å². The third-order valence-electron chi connectivity index (χ3n) is 1.40. The van der Waals surface area contributed by atoms with Crippen molar-refractivity contribution < 1.29 is 0 Å². The van der Waals surface area contributed by atoms with E-state index >= 15 is 0 Å². The van der Waals surface area contributed by atoms with Gasteiger partial charge in [0.15, 0.2) is 0 Å². The summed E-state index contributed by atoms with van der Waals surface area (Å²) in [4.78, 5) is 4.85. The Hall–Kier alpha value is 0.759. The van der Waals surface area contributed by atoms with Gasteiger partial charge in [-0.2, -0.15) is 0 Å². The summed E-state index contributed by atoms with van der Waals surface area (Å²) in [7, 11) is 0. The summed E-state index contributed by atoms with van der Waals surface area (Å²) in [6, 6.07) is 0. The molecule has 0 rings (SSSR count). The first-order valence-electron chi connectivity index (χ1n) is 3.27. The molecule has 0 aliphatic rings. The first kappa shape index (κ1) is 8.76. The fraction of sp³-hybridized carbons (Fsp3) is 1.00. The number of hydrogen-bond acceptors (Lipinski definition) is 1. The van der Waals surface area contributed by atoms with Crippen LogP contribution in [0.3, 0.4) is 0 Å². The maximum atomic E-state index is 2.61. The molecule has 0 aliphatic heterocycles. The monoisotopic (exact) mass is 222 g/mol. The van der Waals surface area contributed by atoms with E-state index in [-0.39, 0.29) is 0 Å². The zero-order valence-corrected chi connectivity index (χ0v) is 9.22. The molecule has 0 saturated carbocycles. The van der Waals surface area contributed by atoms with Crippen LogP contribution in [0.15, 0.2) is 0 Å². The normalized spacial score (nSPS) is 10.1. The van der Waals surface area contributed by atoms with Crippen molar-refractivity contribution in [2.24, 2.45) is 0 Å². The quantitative estimate of drug-likeness (QED) is 0.654. The van der Waals surface area contributed by atoms with Crippen LogP contribution in [0.5, 0.6) is 0 Å². The number of hydrogen-bond donors (Lipinski definition) is 0. The topological polar surface area (TPSA) is 3.24 Å². The minimum absolute atomic E-state index is 0.937. The van der Waals surface area contributed by atoms with Crippen LogP contribution in [0.2, 0.25) is 9.88 Å². The van der Waals surface area contributed by atoms with E-state index in [1.807, 2.05) is 0 Å². The van der Waals surface area contributed by atoms with Gasteiger partial charge in [0.1, 0.15) is 0 Å². The van der Waals surface area contributed by atoms with Crippen LogP contribution in [0, 0.1) is 0 Å². The fourth-order valence-corrected chi connectivity index (χ4v) is 4.47. The second-order valence-electron chi connectivity index (χ2n) is 2.12. The molecule has 48 valence electrons. The molecule has 0 aliphatic carbocycles. The molecule has 2 heteroatoms. The third kappa shape index (κ3) is 2.92. The fourth-order valence-electron chi connectivity index (χ4n) is 0.856. The summed E-state index contributed by atoms with van der Waals surface area (Å²) in [5.74, 6) is 0. The van der Waals surface area contributed by atoms with E-state index in [1.165, 1.54) is 13.1 Å². The van der Waals surface area contributed by atoms with Gasteiger partial charge in [-0.3, -0.25) is 0 Å². The molecule has 0 bridgehead atoms. The first-order chi connectivity index (χ1) is 3.72. The van der Waals surface area contributed by atoms with Crippen molar-refractivity contribution in [1.29, 1.82) is 0 Å². The molecule has 0 atom stereocenters. The molecule has 0 heterocycles. The van der Waals surface area contributed by atoms with Crippen LogP contribution in [0.25, 0.3) is 0 Å². The minimum atomic E-state index is -0.937. The average molecular weight is 221 g/mol. The van der Waals surface area contributed by atoms with Crippen LogP contribution < -0.4 is 0 Å². The van der Waals surface area contributed by atoms with Gasteiger partial charge in [-0.15, -0.1) is 0 Å². The van der Waals surface area contributed by atoms with Gasteiger partial charge in [-0.25, -0.2) is 0 Å². The SMILES string of the molecule is CC[N](CC)[Sn+]([CH3])[CH3]. The summed E-state index contributed by atoms with van der Waals surface area (Å²) in [5, 5.41) is 0. The van der Waals surface area contributed by atoms with Gasteiger partial charge < -0.3 is 0 Å². The molecule has 0 spiro atoms. The molecule has 1 nitrogen and oxygen atoms in total. The average Bonchev–Trinajstić information content (AvgIpc) is 1.69. The summed E-state index contributed by atoms with van der Waals surface area (Å²) in [5.41, 5.74) is 0. The molecule has 0 aromatic heterocycles. The molecular formula is C6H16NSn+. The second-order valence-corrected chi connectivity index (χ2v) is 9.33. The van der Waals surface area contributed by atoms with Gasteiger partial charge in [0, 0.05) is 0 Å². The van der Waals surface area contributed by atoms with Crippen molar-refractivity contribution in [2.75, 3.05) is 13.1 Å². The van der Waals surface area contributed by atoms with Gasteiger partial charge in [-0.1, -0.05) is 0 Å². The van der Waals surface area contributed by atoms with Crippen LogP contribution >= 0.6 is 0 Å². The van der Waals surface area contributed by atoms with Gasteiger partial charge >= 0.3 is 60.0 Å². The number of nitrogens with zero attached hydrogens (tertiary/aromatic N) is 1. The molecule has 0 aromatic carbocycles. The zero-order chi connectivity index (χ0) is 6.57. The second kappa shape index (κ2) is 4.62. The summed E-state index contributed by atoms with van der Waals surface area (Å²) in [6.45, 7) is 7.02. The van der Waals surface area contributed by atoms with E-state index < -0.39 is 20.0 Å². The van der Waals surface area contributed by atoms with E-state index in [1.54, 1.807) is 0 Å². The predicted molar refractivity (Wildman–Crippen MR) is 40.4 cm³/mol. The Bertz CT molecular complexity index is 50.5. The molecule has 0 N–H and O–H groups in total. The molecule has 0 radical (unpaired) electrons. The number of rotatable bonds is 3. The summed E-state index contributed by atoms with van der Waals surface area (Å²) < 4.78 is 2.61.